The molecule has 3 aromatic rings. The lowest BCUT2D eigenvalue weighted by Gasteiger charge is -2.26. The minimum absolute atomic E-state index is 0.0303. The van der Waals surface area contributed by atoms with Crippen LogP contribution in [0.3, 0.4) is 0 Å². The highest BCUT2D eigenvalue weighted by Crippen LogP contribution is 2.23. The molecular formula is C18H20FN3O2. The summed E-state index contributed by atoms with van der Waals surface area (Å²) in [6.45, 7) is 0.433. The van der Waals surface area contributed by atoms with Gasteiger partial charge in [-0.25, -0.2) is 9.37 Å². The summed E-state index contributed by atoms with van der Waals surface area (Å²) in [6, 6.07) is 12.2. The second-order valence-corrected chi connectivity index (χ2v) is 5.71. The van der Waals surface area contributed by atoms with Crippen molar-refractivity contribution < 1.29 is 14.2 Å². The molecule has 2 N–H and O–H groups in total. The highest BCUT2D eigenvalue weighted by Gasteiger charge is 2.18. The van der Waals surface area contributed by atoms with Crippen molar-refractivity contribution in [2.75, 3.05) is 20.8 Å². The zero-order valence-electron chi connectivity index (χ0n) is 13.7. The van der Waals surface area contributed by atoms with Gasteiger partial charge in [-0.3, -0.25) is 4.90 Å². The topological polar surface area (TPSA) is 61.4 Å². The van der Waals surface area contributed by atoms with Gasteiger partial charge in [0.1, 0.15) is 17.1 Å². The van der Waals surface area contributed by atoms with Crippen LogP contribution in [0, 0.1) is 5.82 Å². The maximum Gasteiger partial charge on any atom is 0.151 e. The third kappa shape index (κ3) is 3.25. The van der Waals surface area contributed by atoms with E-state index in [4.69, 9.17) is 4.74 Å². The van der Waals surface area contributed by atoms with Crippen molar-refractivity contribution in [2.24, 2.45) is 0 Å². The molecule has 2 aromatic carbocycles. The number of aromatic nitrogens is 2. The van der Waals surface area contributed by atoms with Crippen LogP contribution in [0.25, 0.3) is 11.0 Å². The first kappa shape index (κ1) is 16.4. The van der Waals surface area contributed by atoms with E-state index in [-0.39, 0.29) is 18.5 Å². The number of likely N-dealkylation sites (N-methyl/N-ethyl adjacent to an activating group) is 1. The molecule has 1 atom stereocenters. The van der Waals surface area contributed by atoms with Crippen LogP contribution in [0.4, 0.5) is 4.39 Å². The van der Waals surface area contributed by atoms with Gasteiger partial charge in [-0.1, -0.05) is 18.2 Å². The summed E-state index contributed by atoms with van der Waals surface area (Å²) in [6.07, 6.45) is 0. The van der Waals surface area contributed by atoms with Crippen molar-refractivity contribution in [3.05, 3.63) is 59.7 Å². The number of benzene rings is 2. The molecule has 1 heterocycles. The monoisotopic (exact) mass is 329 g/mol. The van der Waals surface area contributed by atoms with Crippen LogP contribution in [0.15, 0.2) is 42.5 Å². The molecule has 0 amide bonds. The number of hydrogen-bond acceptors (Lipinski definition) is 4. The second-order valence-electron chi connectivity index (χ2n) is 5.71. The molecule has 0 radical (unpaired) electrons. The van der Waals surface area contributed by atoms with E-state index >= 15 is 0 Å². The Kier molecular flexibility index (Phi) is 4.78. The number of fused-ring (bicyclic) bond motifs is 1. The van der Waals surface area contributed by atoms with Gasteiger partial charge in [-0.15, -0.1) is 0 Å². The standard InChI is InChI=1S/C18H20FN3O2/c1-22(16(11-23)12-6-8-13(24-2)9-7-12)10-17-20-15-5-3-4-14(19)18(15)21-17/h3-9,16,23H,10-11H2,1-2H3,(H,20,21)/t16-/m1/s1. The summed E-state index contributed by atoms with van der Waals surface area (Å²) < 4.78 is 18.9. The van der Waals surface area contributed by atoms with Crippen LogP contribution in [-0.4, -0.2) is 40.7 Å². The molecule has 126 valence electrons. The Morgan fingerprint density at radius 2 is 2.00 bits per heavy atom. The number of nitrogens with one attached hydrogen (secondary N) is 1. The molecule has 6 heteroatoms. The molecule has 0 fully saturated rings. The fraction of sp³-hybridized carbons (Fsp3) is 0.278. The number of imidazole rings is 1. The Morgan fingerprint density at radius 3 is 2.62 bits per heavy atom. The van der Waals surface area contributed by atoms with Crippen LogP contribution < -0.4 is 4.74 Å². The first-order valence-electron chi connectivity index (χ1n) is 7.70. The van der Waals surface area contributed by atoms with E-state index < -0.39 is 0 Å². The highest BCUT2D eigenvalue weighted by molar-refractivity contribution is 5.75. The molecule has 0 aliphatic carbocycles. The maximum absolute atomic E-state index is 13.8. The first-order chi connectivity index (χ1) is 11.6. The zero-order chi connectivity index (χ0) is 17.1. The molecule has 24 heavy (non-hydrogen) atoms. The van der Waals surface area contributed by atoms with Crippen LogP contribution in [0.5, 0.6) is 5.75 Å². The normalized spacial score (nSPS) is 12.7. The number of methoxy groups -OCH3 is 1. The van der Waals surface area contributed by atoms with E-state index in [2.05, 4.69) is 9.97 Å². The number of aliphatic hydroxyl groups excluding tert-OH is 1. The van der Waals surface area contributed by atoms with Crippen LogP contribution in [-0.2, 0) is 6.54 Å². The van der Waals surface area contributed by atoms with Gasteiger partial charge < -0.3 is 14.8 Å². The van der Waals surface area contributed by atoms with Gasteiger partial charge in [-0.2, -0.15) is 0 Å². The average Bonchev–Trinajstić information content (AvgIpc) is 3.00. The van der Waals surface area contributed by atoms with Crippen LogP contribution in [0.2, 0.25) is 0 Å². The molecule has 0 bridgehead atoms. The number of aromatic amines is 1. The predicted octanol–water partition coefficient (Wildman–Crippen LogP) is 2.88. The number of nitrogens with zero attached hydrogens (tertiary/aromatic N) is 2. The third-order valence-corrected chi connectivity index (χ3v) is 4.12. The first-order valence-corrected chi connectivity index (χ1v) is 7.70. The van der Waals surface area contributed by atoms with E-state index in [1.165, 1.54) is 6.07 Å². The SMILES string of the molecule is COc1ccc([C@@H](CO)N(C)Cc2nc3c(F)cccc3[nH]2)cc1. The lowest BCUT2D eigenvalue weighted by Crippen LogP contribution is -2.27. The van der Waals surface area contributed by atoms with E-state index in [0.717, 1.165) is 11.3 Å². The molecule has 1 aromatic heterocycles. The Hall–Kier alpha value is -2.44. The van der Waals surface area contributed by atoms with Gasteiger partial charge in [-0.05, 0) is 36.9 Å². The molecule has 0 aliphatic rings. The van der Waals surface area contributed by atoms with Crippen LogP contribution >= 0.6 is 0 Å². The zero-order valence-corrected chi connectivity index (χ0v) is 13.7. The molecule has 0 saturated carbocycles. The molecular weight excluding hydrogens is 309 g/mol. The van der Waals surface area contributed by atoms with Crippen molar-refractivity contribution in [1.29, 1.82) is 0 Å². The number of aliphatic hydroxyl groups is 1. The van der Waals surface area contributed by atoms with Crippen molar-refractivity contribution >= 4 is 11.0 Å². The Bertz CT molecular complexity index is 817. The van der Waals surface area contributed by atoms with E-state index in [1.807, 2.05) is 36.2 Å². The minimum Gasteiger partial charge on any atom is -0.497 e. The summed E-state index contributed by atoms with van der Waals surface area (Å²) >= 11 is 0. The number of rotatable bonds is 6. The van der Waals surface area contributed by atoms with Gasteiger partial charge in [0, 0.05) is 0 Å². The largest absolute Gasteiger partial charge is 0.497 e. The molecule has 0 unspecified atom stereocenters. The van der Waals surface area contributed by atoms with Gasteiger partial charge in [0.2, 0.25) is 0 Å². The van der Waals surface area contributed by atoms with Crippen molar-refractivity contribution in [2.45, 2.75) is 12.6 Å². The van der Waals surface area contributed by atoms with Crippen molar-refractivity contribution in [1.82, 2.24) is 14.9 Å². The quantitative estimate of drug-likeness (QED) is 0.730. The molecule has 5 nitrogen and oxygen atoms in total. The summed E-state index contributed by atoms with van der Waals surface area (Å²) in [4.78, 5) is 9.41. The number of ether oxygens (including phenoxy) is 1. The molecule has 0 saturated heterocycles. The molecule has 0 spiro atoms. The second kappa shape index (κ2) is 6.98. The summed E-state index contributed by atoms with van der Waals surface area (Å²) in [5, 5.41) is 9.77. The lowest BCUT2D eigenvalue weighted by atomic mass is 10.1. The number of halogens is 1. The van der Waals surface area contributed by atoms with Gasteiger partial charge in [0.15, 0.2) is 5.82 Å². The Morgan fingerprint density at radius 1 is 1.25 bits per heavy atom. The van der Waals surface area contributed by atoms with E-state index in [0.29, 0.717) is 23.4 Å². The summed E-state index contributed by atoms with van der Waals surface area (Å²) in [5.41, 5.74) is 1.98. The van der Waals surface area contributed by atoms with E-state index in [1.54, 1.807) is 19.2 Å². The third-order valence-electron chi connectivity index (χ3n) is 4.12. The minimum atomic E-state index is -0.341. The lowest BCUT2D eigenvalue weighted by molar-refractivity contribution is 0.140. The van der Waals surface area contributed by atoms with E-state index in [9.17, 15) is 9.50 Å². The van der Waals surface area contributed by atoms with Gasteiger partial charge in [0.25, 0.3) is 0 Å². The van der Waals surface area contributed by atoms with Crippen molar-refractivity contribution in [3.63, 3.8) is 0 Å². The van der Waals surface area contributed by atoms with Gasteiger partial charge >= 0.3 is 0 Å². The maximum atomic E-state index is 13.8. The smallest absolute Gasteiger partial charge is 0.151 e. The highest BCUT2D eigenvalue weighted by atomic mass is 19.1. The van der Waals surface area contributed by atoms with Crippen LogP contribution in [0.1, 0.15) is 17.4 Å². The fourth-order valence-corrected chi connectivity index (χ4v) is 2.79. The fourth-order valence-electron chi connectivity index (χ4n) is 2.79. The summed E-state index contributed by atoms with van der Waals surface area (Å²) in [5.74, 6) is 1.09. The molecule has 0 aliphatic heterocycles. The summed E-state index contributed by atoms with van der Waals surface area (Å²) in [7, 11) is 3.51. The molecule has 3 rings (SSSR count). The predicted molar refractivity (Wildman–Crippen MR) is 90.3 cm³/mol. The average molecular weight is 329 g/mol. The number of hydrogen-bond donors (Lipinski definition) is 2. The number of para-hydroxylation sites is 1. The Labute approximate surface area is 139 Å². The van der Waals surface area contributed by atoms with Crippen molar-refractivity contribution in [3.8, 4) is 5.75 Å². The van der Waals surface area contributed by atoms with Gasteiger partial charge in [0.05, 0.1) is 31.8 Å². The Balaban J connectivity index is 1.79. The number of H-pyrrole nitrogens is 1.